The predicted octanol–water partition coefficient (Wildman–Crippen LogP) is 3.81. The minimum Gasteiger partial charge on any atom is -0.377 e. The zero-order valence-electron chi connectivity index (χ0n) is 11.9. The van der Waals surface area contributed by atoms with Crippen molar-refractivity contribution in [3.63, 3.8) is 0 Å². The monoisotopic (exact) mass is 368 g/mol. The molecular weight excluding hydrogens is 352 g/mol. The van der Waals surface area contributed by atoms with Gasteiger partial charge in [0.1, 0.15) is 0 Å². The van der Waals surface area contributed by atoms with Crippen molar-refractivity contribution in [1.29, 1.82) is 0 Å². The molecular formula is C15H17BrN2O2S. The molecule has 0 amide bonds. The normalized spacial score (nSPS) is 12.9. The van der Waals surface area contributed by atoms with Crippen LogP contribution in [0.15, 0.2) is 52.1 Å². The van der Waals surface area contributed by atoms with Crippen molar-refractivity contribution in [3.8, 4) is 0 Å². The molecule has 0 fully saturated rings. The van der Waals surface area contributed by atoms with Gasteiger partial charge in [-0.15, -0.1) is 0 Å². The SMILES string of the molecule is CCC(Nc1ccc(S(C)(=O)=O)nc1)c1ccc(Br)cc1. The Morgan fingerprint density at radius 1 is 1.19 bits per heavy atom. The van der Waals surface area contributed by atoms with E-state index in [-0.39, 0.29) is 11.1 Å². The number of pyridine rings is 1. The van der Waals surface area contributed by atoms with Crippen LogP contribution in [0.1, 0.15) is 24.9 Å². The van der Waals surface area contributed by atoms with Crippen LogP contribution in [-0.4, -0.2) is 19.7 Å². The molecule has 0 aliphatic rings. The van der Waals surface area contributed by atoms with Gasteiger partial charge in [0, 0.05) is 10.7 Å². The van der Waals surface area contributed by atoms with Crippen molar-refractivity contribution < 1.29 is 8.42 Å². The fourth-order valence-electron chi connectivity index (χ4n) is 2.00. The number of aromatic nitrogens is 1. The van der Waals surface area contributed by atoms with E-state index in [4.69, 9.17) is 0 Å². The molecule has 0 aliphatic carbocycles. The Kier molecular flexibility index (Phi) is 5.00. The lowest BCUT2D eigenvalue weighted by molar-refractivity contribution is 0.598. The molecule has 0 radical (unpaired) electrons. The van der Waals surface area contributed by atoms with Crippen molar-refractivity contribution >= 4 is 31.5 Å². The standard InChI is InChI=1S/C15H17BrN2O2S/c1-3-14(11-4-6-12(16)7-5-11)18-13-8-9-15(17-10-13)21(2,19)20/h4-10,14,18H,3H2,1-2H3. The Morgan fingerprint density at radius 3 is 2.33 bits per heavy atom. The number of anilines is 1. The third-order valence-corrected chi connectivity index (χ3v) is 4.67. The maximum Gasteiger partial charge on any atom is 0.192 e. The van der Waals surface area contributed by atoms with Gasteiger partial charge in [0.25, 0.3) is 0 Å². The summed E-state index contributed by atoms with van der Waals surface area (Å²) in [6.07, 6.45) is 3.62. The predicted molar refractivity (Wildman–Crippen MR) is 88.1 cm³/mol. The van der Waals surface area contributed by atoms with E-state index in [0.29, 0.717) is 0 Å². The first kappa shape index (κ1) is 16.0. The second-order valence-corrected chi connectivity index (χ2v) is 7.69. The number of halogens is 1. The Bertz CT molecular complexity index is 697. The molecule has 1 aromatic heterocycles. The molecule has 0 aliphatic heterocycles. The maximum absolute atomic E-state index is 11.4. The lowest BCUT2D eigenvalue weighted by Gasteiger charge is -2.18. The third-order valence-electron chi connectivity index (χ3n) is 3.14. The molecule has 4 nitrogen and oxygen atoms in total. The largest absolute Gasteiger partial charge is 0.377 e. The van der Waals surface area contributed by atoms with Crippen LogP contribution in [-0.2, 0) is 9.84 Å². The number of nitrogens with one attached hydrogen (secondary N) is 1. The Hall–Kier alpha value is -1.40. The van der Waals surface area contributed by atoms with Crippen molar-refractivity contribution in [2.75, 3.05) is 11.6 Å². The van der Waals surface area contributed by atoms with Crippen LogP contribution in [0.5, 0.6) is 0 Å². The highest BCUT2D eigenvalue weighted by Crippen LogP contribution is 2.24. The van der Waals surface area contributed by atoms with Gasteiger partial charge in [-0.2, -0.15) is 0 Å². The Morgan fingerprint density at radius 2 is 1.86 bits per heavy atom. The van der Waals surface area contributed by atoms with Gasteiger partial charge in [-0.05, 0) is 36.2 Å². The van der Waals surface area contributed by atoms with Crippen LogP contribution < -0.4 is 5.32 Å². The highest BCUT2D eigenvalue weighted by molar-refractivity contribution is 9.10. The topological polar surface area (TPSA) is 59.1 Å². The summed E-state index contributed by atoms with van der Waals surface area (Å²) in [5, 5.41) is 3.46. The van der Waals surface area contributed by atoms with E-state index in [1.54, 1.807) is 12.3 Å². The Balaban J connectivity index is 2.17. The van der Waals surface area contributed by atoms with Gasteiger partial charge in [0.15, 0.2) is 14.9 Å². The number of rotatable bonds is 5. The zero-order valence-corrected chi connectivity index (χ0v) is 14.3. The van der Waals surface area contributed by atoms with Gasteiger partial charge in [0.2, 0.25) is 0 Å². The smallest absolute Gasteiger partial charge is 0.192 e. The summed E-state index contributed by atoms with van der Waals surface area (Å²) < 4.78 is 23.8. The van der Waals surface area contributed by atoms with Crippen molar-refractivity contribution in [1.82, 2.24) is 4.98 Å². The lowest BCUT2D eigenvalue weighted by Crippen LogP contribution is -2.10. The van der Waals surface area contributed by atoms with Crippen molar-refractivity contribution in [2.45, 2.75) is 24.4 Å². The second-order valence-electron chi connectivity index (χ2n) is 4.81. The molecule has 0 bridgehead atoms. The van der Waals surface area contributed by atoms with Crippen LogP contribution in [0.3, 0.4) is 0 Å². The summed E-state index contributed by atoms with van der Waals surface area (Å²) in [4.78, 5) is 3.99. The lowest BCUT2D eigenvalue weighted by atomic mass is 10.0. The molecule has 1 heterocycles. The first-order valence-corrected chi connectivity index (χ1v) is 9.26. The highest BCUT2D eigenvalue weighted by Gasteiger charge is 2.11. The van der Waals surface area contributed by atoms with Gasteiger partial charge in [-0.3, -0.25) is 0 Å². The molecule has 1 N–H and O–H groups in total. The van der Waals surface area contributed by atoms with Gasteiger partial charge >= 0.3 is 0 Å². The maximum atomic E-state index is 11.4. The summed E-state index contributed by atoms with van der Waals surface area (Å²) in [5.41, 5.74) is 1.98. The van der Waals surface area contributed by atoms with Gasteiger partial charge in [0.05, 0.1) is 17.9 Å². The molecule has 0 spiro atoms. The first-order chi connectivity index (χ1) is 9.90. The summed E-state index contributed by atoms with van der Waals surface area (Å²) in [7, 11) is -3.25. The molecule has 112 valence electrons. The van der Waals surface area contributed by atoms with Gasteiger partial charge in [-0.1, -0.05) is 35.0 Å². The van der Waals surface area contributed by atoms with E-state index in [2.05, 4.69) is 45.3 Å². The molecule has 21 heavy (non-hydrogen) atoms. The number of nitrogens with zero attached hydrogens (tertiary/aromatic N) is 1. The quantitative estimate of drug-likeness (QED) is 0.871. The van der Waals surface area contributed by atoms with E-state index in [0.717, 1.165) is 22.8 Å². The Labute approximate surface area is 133 Å². The molecule has 1 atom stereocenters. The van der Waals surface area contributed by atoms with Crippen molar-refractivity contribution in [3.05, 3.63) is 52.6 Å². The minimum atomic E-state index is -3.25. The summed E-state index contributed by atoms with van der Waals surface area (Å²) in [6.45, 7) is 2.10. The highest BCUT2D eigenvalue weighted by atomic mass is 79.9. The summed E-state index contributed by atoms with van der Waals surface area (Å²) >= 11 is 3.42. The second kappa shape index (κ2) is 6.58. The molecule has 0 saturated heterocycles. The summed E-state index contributed by atoms with van der Waals surface area (Å²) in [5.74, 6) is 0. The fraction of sp³-hybridized carbons (Fsp3) is 0.267. The van der Waals surface area contributed by atoms with E-state index in [1.165, 1.54) is 11.6 Å². The van der Waals surface area contributed by atoms with Crippen LogP contribution >= 0.6 is 15.9 Å². The zero-order chi connectivity index (χ0) is 15.5. The average Bonchev–Trinajstić information content (AvgIpc) is 2.45. The molecule has 6 heteroatoms. The van der Waals surface area contributed by atoms with E-state index >= 15 is 0 Å². The van der Waals surface area contributed by atoms with Crippen LogP contribution in [0.25, 0.3) is 0 Å². The number of benzene rings is 1. The number of sulfone groups is 1. The first-order valence-electron chi connectivity index (χ1n) is 6.58. The summed E-state index contributed by atoms with van der Waals surface area (Å²) in [6, 6.07) is 11.5. The third kappa shape index (κ3) is 4.28. The van der Waals surface area contributed by atoms with E-state index in [1.807, 2.05) is 12.1 Å². The molecule has 2 aromatic rings. The average molecular weight is 369 g/mol. The van der Waals surface area contributed by atoms with Crippen LogP contribution in [0.2, 0.25) is 0 Å². The van der Waals surface area contributed by atoms with E-state index < -0.39 is 9.84 Å². The molecule has 2 rings (SSSR count). The van der Waals surface area contributed by atoms with Crippen LogP contribution in [0.4, 0.5) is 5.69 Å². The molecule has 1 unspecified atom stereocenters. The fourth-order valence-corrected chi connectivity index (χ4v) is 2.83. The van der Waals surface area contributed by atoms with E-state index in [9.17, 15) is 8.42 Å². The molecule has 0 saturated carbocycles. The molecule has 1 aromatic carbocycles. The van der Waals surface area contributed by atoms with Gasteiger partial charge < -0.3 is 5.32 Å². The van der Waals surface area contributed by atoms with Crippen LogP contribution in [0, 0.1) is 0 Å². The number of hydrogen-bond acceptors (Lipinski definition) is 4. The number of hydrogen-bond donors (Lipinski definition) is 1. The van der Waals surface area contributed by atoms with Crippen molar-refractivity contribution in [2.24, 2.45) is 0 Å². The minimum absolute atomic E-state index is 0.0877. The van der Waals surface area contributed by atoms with Gasteiger partial charge in [-0.25, -0.2) is 13.4 Å².